The number of alkyl halides is 6. The highest BCUT2D eigenvalue weighted by Gasteiger charge is 2.43. The molecule has 0 aliphatic carbocycles. The lowest BCUT2D eigenvalue weighted by Gasteiger charge is -2.45. The third-order valence-electron chi connectivity index (χ3n) is 6.80. The molecule has 1 heterocycles. The van der Waals surface area contributed by atoms with Crippen LogP contribution in [0.1, 0.15) is 62.4 Å². The SMILES string of the molecule is COC(=O)N(Cc1cc(C(F)(F)F)cc(C(F)(F)F)c1)[C@@H]1C[C@H](C)N(C(=O)C(C)(C)C)c2cc(OC)c(OC)cc21. The molecular weight excluding hydrogens is 558 g/mol. The van der Waals surface area contributed by atoms with Crippen molar-refractivity contribution < 1.29 is 50.1 Å². The van der Waals surface area contributed by atoms with E-state index in [-0.39, 0.29) is 29.9 Å². The number of nitrogens with zero attached hydrogens (tertiary/aromatic N) is 2. The number of rotatable bonds is 5. The van der Waals surface area contributed by atoms with E-state index < -0.39 is 59.2 Å². The van der Waals surface area contributed by atoms with E-state index in [1.54, 1.807) is 38.7 Å². The molecule has 0 unspecified atom stereocenters. The standard InChI is InChI=1S/C28H32F6N2O5/c1-15-8-20(19-12-22(39-5)23(40-6)13-21(19)36(15)24(37)26(2,3)4)35(25(38)41-7)14-16-9-17(27(29,30)31)11-18(10-16)28(32,33)34/h9-13,15,20H,8,14H2,1-7H3/t15-,20+/m0/s1. The predicted molar refractivity (Wildman–Crippen MR) is 138 cm³/mol. The summed E-state index contributed by atoms with van der Waals surface area (Å²) in [5.41, 5.74) is -3.47. The van der Waals surface area contributed by atoms with Crippen molar-refractivity contribution in [1.82, 2.24) is 4.90 Å². The van der Waals surface area contributed by atoms with Gasteiger partial charge in [0.2, 0.25) is 5.91 Å². The van der Waals surface area contributed by atoms with Crippen molar-refractivity contribution in [3.8, 4) is 11.5 Å². The van der Waals surface area contributed by atoms with Gasteiger partial charge in [-0.05, 0) is 43.2 Å². The Morgan fingerprint density at radius 2 is 1.39 bits per heavy atom. The number of halogens is 6. The first kappa shape index (κ1) is 31.9. The van der Waals surface area contributed by atoms with Crippen molar-refractivity contribution >= 4 is 17.7 Å². The van der Waals surface area contributed by atoms with E-state index in [9.17, 15) is 35.9 Å². The van der Waals surface area contributed by atoms with Crippen molar-refractivity contribution in [2.24, 2.45) is 5.41 Å². The Balaban J connectivity index is 2.24. The first-order chi connectivity index (χ1) is 18.8. The molecule has 0 N–H and O–H groups in total. The van der Waals surface area contributed by atoms with Crippen LogP contribution in [0.5, 0.6) is 11.5 Å². The lowest BCUT2D eigenvalue weighted by molar-refractivity contribution is -0.143. The van der Waals surface area contributed by atoms with E-state index in [0.29, 0.717) is 23.4 Å². The van der Waals surface area contributed by atoms with E-state index in [0.717, 1.165) is 12.0 Å². The molecule has 1 aliphatic rings. The smallest absolute Gasteiger partial charge is 0.416 e. The average Bonchev–Trinajstić information content (AvgIpc) is 2.88. The summed E-state index contributed by atoms with van der Waals surface area (Å²) >= 11 is 0. The molecule has 2 amide bonds. The minimum Gasteiger partial charge on any atom is -0.493 e. The maximum absolute atomic E-state index is 13.5. The summed E-state index contributed by atoms with van der Waals surface area (Å²) < 4.78 is 97.0. The van der Waals surface area contributed by atoms with Crippen LogP contribution in [0.15, 0.2) is 30.3 Å². The Hall–Kier alpha value is -3.64. The van der Waals surface area contributed by atoms with Crippen molar-refractivity contribution in [3.05, 3.63) is 52.6 Å². The highest BCUT2D eigenvalue weighted by Crippen LogP contribution is 2.47. The quantitative estimate of drug-likeness (QED) is 0.344. The summed E-state index contributed by atoms with van der Waals surface area (Å²) in [6.45, 7) is 6.30. The van der Waals surface area contributed by atoms with Gasteiger partial charge in [0.25, 0.3) is 0 Å². The second kappa shape index (κ2) is 11.3. The third kappa shape index (κ3) is 6.65. The summed E-state index contributed by atoms with van der Waals surface area (Å²) in [5, 5.41) is 0. The van der Waals surface area contributed by atoms with Gasteiger partial charge < -0.3 is 19.1 Å². The zero-order chi connectivity index (χ0) is 31.1. The van der Waals surface area contributed by atoms with E-state index in [1.807, 2.05) is 0 Å². The molecule has 3 rings (SSSR count). The normalized spacial score (nSPS) is 17.5. The molecule has 41 heavy (non-hydrogen) atoms. The second-order valence-electron chi connectivity index (χ2n) is 10.8. The number of amides is 2. The van der Waals surface area contributed by atoms with Crippen LogP contribution in [0, 0.1) is 5.41 Å². The molecule has 2 aromatic carbocycles. The summed E-state index contributed by atoms with van der Waals surface area (Å²) in [6, 6.07) is 2.82. The molecule has 0 fully saturated rings. The predicted octanol–water partition coefficient (Wildman–Crippen LogP) is 7.22. The van der Waals surface area contributed by atoms with Crippen LogP contribution in [0.25, 0.3) is 0 Å². The van der Waals surface area contributed by atoms with Crippen LogP contribution >= 0.6 is 0 Å². The molecule has 13 heteroatoms. The molecule has 226 valence electrons. The fourth-order valence-electron chi connectivity index (χ4n) is 4.85. The molecule has 0 aromatic heterocycles. The number of carbonyl (C=O) groups excluding carboxylic acids is 2. The zero-order valence-corrected chi connectivity index (χ0v) is 23.7. The van der Waals surface area contributed by atoms with Gasteiger partial charge in [-0.15, -0.1) is 0 Å². The molecule has 0 saturated carbocycles. The number of anilines is 1. The van der Waals surface area contributed by atoms with Crippen LogP contribution in [0.2, 0.25) is 0 Å². The second-order valence-corrected chi connectivity index (χ2v) is 10.8. The van der Waals surface area contributed by atoms with Gasteiger partial charge >= 0.3 is 18.4 Å². The lowest BCUT2D eigenvalue weighted by atomic mass is 9.86. The minimum atomic E-state index is -5.06. The topological polar surface area (TPSA) is 68.3 Å². The van der Waals surface area contributed by atoms with Gasteiger partial charge in [0, 0.05) is 29.6 Å². The number of hydrogen-bond acceptors (Lipinski definition) is 5. The molecule has 7 nitrogen and oxygen atoms in total. The van der Waals surface area contributed by atoms with Gasteiger partial charge in [-0.1, -0.05) is 20.8 Å². The molecule has 0 saturated heterocycles. The molecule has 0 radical (unpaired) electrons. The first-order valence-electron chi connectivity index (χ1n) is 12.6. The summed E-state index contributed by atoms with van der Waals surface area (Å²) in [7, 11) is 3.83. The largest absolute Gasteiger partial charge is 0.493 e. The van der Waals surface area contributed by atoms with Gasteiger partial charge in [0.1, 0.15) is 0 Å². The molecule has 0 spiro atoms. The van der Waals surface area contributed by atoms with E-state index in [2.05, 4.69) is 0 Å². The van der Waals surface area contributed by atoms with E-state index in [1.165, 1.54) is 20.3 Å². The van der Waals surface area contributed by atoms with Crippen molar-refractivity contribution in [3.63, 3.8) is 0 Å². The molecule has 2 atom stereocenters. The Bertz CT molecular complexity index is 1270. The summed E-state index contributed by atoms with van der Waals surface area (Å²) in [4.78, 5) is 29.2. The molecule has 2 aromatic rings. The van der Waals surface area contributed by atoms with Gasteiger partial charge in [-0.25, -0.2) is 4.79 Å². The van der Waals surface area contributed by atoms with Gasteiger partial charge in [-0.3, -0.25) is 9.69 Å². The highest BCUT2D eigenvalue weighted by atomic mass is 19.4. The Morgan fingerprint density at radius 1 is 0.878 bits per heavy atom. The van der Waals surface area contributed by atoms with Crippen molar-refractivity contribution in [2.45, 2.75) is 65.1 Å². The van der Waals surface area contributed by atoms with Crippen LogP contribution in [0.3, 0.4) is 0 Å². The van der Waals surface area contributed by atoms with Gasteiger partial charge in [-0.2, -0.15) is 26.3 Å². The Kier molecular flexibility index (Phi) is 8.81. The fraction of sp³-hybridized carbons (Fsp3) is 0.500. The lowest BCUT2D eigenvalue weighted by Crippen LogP contribution is -2.50. The summed E-state index contributed by atoms with van der Waals surface area (Å²) in [6.07, 6.45) is -11.0. The van der Waals surface area contributed by atoms with Crippen molar-refractivity contribution in [1.29, 1.82) is 0 Å². The third-order valence-corrected chi connectivity index (χ3v) is 6.80. The fourth-order valence-corrected chi connectivity index (χ4v) is 4.85. The van der Waals surface area contributed by atoms with Crippen LogP contribution < -0.4 is 14.4 Å². The number of methoxy groups -OCH3 is 3. The monoisotopic (exact) mass is 590 g/mol. The first-order valence-corrected chi connectivity index (χ1v) is 12.6. The maximum Gasteiger partial charge on any atom is 0.416 e. The van der Waals surface area contributed by atoms with Crippen LogP contribution in [0.4, 0.5) is 36.8 Å². The molecule has 1 aliphatic heterocycles. The summed E-state index contributed by atoms with van der Waals surface area (Å²) in [5.74, 6) is 0.287. The Morgan fingerprint density at radius 3 is 1.83 bits per heavy atom. The van der Waals surface area contributed by atoms with E-state index in [4.69, 9.17) is 14.2 Å². The van der Waals surface area contributed by atoms with Crippen LogP contribution in [-0.4, -0.2) is 44.3 Å². The number of fused-ring (bicyclic) bond motifs is 1. The van der Waals surface area contributed by atoms with Crippen molar-refractivity contribution in [2.75, 3.05) is 26.2 Å². The Labute approximate surface area is 233 Å². The number of benzene rings is 2. The average molecular weight is 591 g/mol. The van der Waals surface area contributed by atoms with E-state index >= 15 is 0 Å². The molecule has 0 bridgehead atoms. The van der Waals surface area contributed by atoms with Gasteiger partial charge in [0.15, 0.2) is 11.5 Å². The number of hydrogen-bond donors (Lipinski definition) is 0. The number of carbonyl (C=O) groups is 2. The maximum atomic E-state index is 13.5. The van der Waals surface area contributed by atoms with Crippen LogP contribution in [-0.2, 0) is 28.4 Å². The number of ether oxygens (including phenoxy) is 3. The van der Waals surface area contributed by atoms with Gasteiger partial charge in [0.05, 0.1) is 44.2 Å². The zero-order valence-electron chi connectivity index (χ0n) is 23.7. The highest BCUT2D eigenvalue weighted by molar-refractivity contribution is 5.99. The molecular formula is C28H32F6N2O5. The minimum absolute atomic E-state index is 0.0249.